The Bertz CT molecular complexity index is 995. The number of methoxy groups -OCH3 is 1. The molecule has 0 atom stereocenters. The van der Waals surface area contributed by atoms with Crippen LogP contribution in [0.25, 0.3) is 0 Å². The number of esters is 1. The summed E-state index contributed by atoms with van der Waals surface area (Å²) in [5.41, 5.74) is 2.21. The van der Waals surface area contributed by atoms with Crippen LogP contribution in [0, 0.1) is 5.41 Å². The zero-order chi connectivity index (χ0) is 20.6. The maximum atomic E-state index is 12.1. The van der Waals surface area contributed by atoms with Gasteiger partial charge in [-0.2, -0.15) is 0 Å². The summed E-state index contributed by atoms with van der Waals surface area (Å²) in [7, 11) is 1.61. The molecule has 2 aromatic carbocycles. The van der Waals surface area contributed by atoms with E-state index in [0.29, 0.717) is 21.9 Å². The van der Waals surface area contributed by atoms with Crippen molar-refractivity contribution in [3.8, 4) is 5.75 Å². The van der Waals surface area contributed by atoms with Crippen LogP contribution in [-0.4, -0.2) is 30.4 Å². The number of pyridine rings is 1. The fourth-order valence-corrected chi connectivity index (χ4v) is 3.52. The van der Waals surface area contributed by atoms with E-state index in [1.54, 1.807) is 55.4 Å². The largest absolute Gasteiger partial charge is 0.496 e. The van der Waals surface area contributed by atoms with E-state index in [2.05, 4.69) is 4.98 Å². The molecule has 0 saturated heterocycles. The van der Waals surface area contributed by atoms with Gasteiger partial charge in [0, 0.05) is 22.5 Å². The monoisotopic (exact) mass is 426 g/mol. The maximum Gasteiger partial charge on any atom is 0.338 e. The highest BCUT2D eigenvalue weighted by Gasteiger charge is 2.12. The van der Waals surface area contributed by atoms with Gasteiger partial charge in [0.25, 0.3) is 0 Å². The van der Waals surface area contributed by atoms with Gasteiger partial charge in [-0.05, 0) is 60.2 Å². The summed E-state index contributed by atoms with van der Waals surface area (Å²) in [6.45, 7) is -0.124. The van der Waals surface area contributed by atoms with Crippen molar-refractivity contribution in [3.05, 3.63) is 88.6 Å². The summed E-state index contributed by atoms with van der Waals surface area (Å²) < 4.78 is 10.7. The summed E-state index contributed by atoms with van der Waals surface area (Å²) in [6, 6.07) is 17.7. The zero-order valence-corrected chi connectivity index (χ0v) is 17.3. The van der Waals surface area contributed by atoms with Crippen molar-refractivity contribution in [1.29, 1.82) is 5.41 Å². The third-order valence-corrected chi connectivity index (χ3v) is 5.31. The van der Waals surface area contributed by atoms with Crippen molar-refractivity contribution >= 4 is 35.0 Å². The molecule has 0 radical (unpaired) electrons. The second kappa shape index (κ2) is 10.1. The highest BCUT2D eigenvalue weighted by atomic mass is 35.5. The normalized spacial score (nSPS) is 10.4. The van der Waals surface area contributed by atoms with Crippen molar-refractivity contribution < 1.29 is 14.3 Å². The van der Waals surface area contributed by atoms with Crippen LogP contribution in [0.3, 0.4) is 0 Å². The van der Waals surface area contributed by atoms with Crippen LogP contribution >= 0.6 is 23.4 Å². The molecule has 1 N–H and O–H groups in total. The standard InChI is InChI=1S/C22H19ClN2O3S/c1-27-20-10-7-16(12-17(20)14-29-21-4-2-3-11-25-21)19(24)13-28-22(26)15-5-8-18(23)9-6-15/h2-12,24H,13-14H2,1H3. The number of nitrogens with zero attached hydrogens (tertiary/aromatic N) is 1. The predicted octanol–water partition coefficient (Wildman–Crippen LogP) is 5.26. The van der Waals surface area contributed by atoms with E-state index >= 15 is 0 Å². The molecule has 0 spiro atoms. The second-order valence-corrected chi connectivity index (χ2v) is 7.48. The molecular formula is C22H19ClN2O3S. The van der Waals surface area contributed by atoms with E-state index in [0.717, 1.165) is 16.3 Å². The minimum atomic E-state index is -0.495. The summed E-state index contributed by atoms with van der Waals surface area (Å²) in [4.78, 5) is 16.4. The van der Waals surface area contributed by atoms with Crippen molar-refractivity contribution in [3.63, 3.8) is 0 Å². The van der Waals surface area contributed by atoms with Crippen LogP contribution in [0.5, 0.6) is 5.75 Å². The molecule has 0 amide bonds. The summed E-state index contributed by atoms with van der Waals surface area (Å²) in [5.74, 6) is 0.889. The summed E-state index contributed by atoms with van der Waals surface area (Å²) >= 11 is 7.41. The number of rotatable bonds is 8. The van der Waals surface area contributed by atoms with E-state index in [1.165, 1.54) is 0 Å². The fourth-order valence-electron chi connectivity index (χ4n) is 2.55. The van der Waals surface area contributed by atoms with E-state index < -0.39 is 5.97 Å². The molecule has 29 heavy (non-hydrogen) atoms. The SMILES string of the molecule is COc1ccc(C(=N)COC(=O)c2ccc(Cl)cc2)cc1CSc1ccccn1. The minimum Gasteiger partial charge on any atom is -0.496 e. The molecule has 0 aliphatic carbocycles. The highest BCUT2D eigenvalue weighted by molar-refractivity contribution is 7.98. The number of hydrogen-bond donors (Lipinski definition) is 1. The molecule has 0 fully saturated rings. The maximum absolute atomic E-state index is 12.1. The Morgan fingerprint density at radius 1 is 1.10 bits per heavy atom. The first-order valence-corrected chi connectivity index (χ1v) is 10.1. The number of halogens is 1. The molecule has 148 valence electrons. The van der Waals surface area contributed by atoms with E-state index in [4.69, 9.17) is 26.5 Å². The van der Waals surface area contributed by atoms with Crippen molar-refractivity contribution in [2.45, 2.75) is 10.8 Å². The van der Waals surface area contributed by atoms with Crippen LogP contribution in [0.1, 0.15) is 21.5 Å². The molecule has 0 unspecified atom stereocenters. The number of aromatic nitrogens is 1. The lowest BCUT2D eigenvalue weighted by Gasteiger charge is -2.12. The molecular weight excluding hydrogens is 408 g/mol. The molecule has 0 saturated carbocycles. The molecule has 3 aromatic rings. The minimum absolute atomic E-state index is 0.124. The summed E-state index contributed by atoms with van der Waals surface area (Å²) in [6.07, 6.45) is 1.75. The molecule has 0 bridgehead atoms. The predicted molar refractivity (Wildman–Crippen MR) is 115 cm³/mol. The molecule has 0 aliphatic heterocycles. The van der Waals surface area contributed by atoms with Gasteiger partial charge in [0.05, 0.1) is 23.4 Å². The second-order valence-electron chi connectivity index (χ2n) is 6.04. The molecule has 1 aromatic heterocycles. The Labute approximate surface area is 178 Å². The third-order valence-electron chi connectivity index (χ3n) is 4.07. The van der Waals surface area contributed by atoms with E-state index in [9.17, 15) is 4.79 Å². The van der Waals surface area contributed by atoms with E-state index in [-0.39, 0.29) is 12.3 Å². The van der Waals surface area contributed by atoms with Gasteiger partial charge in [0.1, 0.15) is 12.4 Å². The Morgan fingerprint density at radius 2 is 1.86 bits per heavy atom. The van der Waals surface area contributed by atoms with Crippen LogP contribution in [0.4, 0.5) is 0 Å². The van der Waals surface area contributed by atoms with Gasteiger partial charge >= 0.3 is 5.97 Å². The quantitative estimate of drug-likeness (QED) is 0.302. The van der Waals surface area contributed by atoms with Crippen molar-refractivity contribution in [1.82, 2.24) is 4.98 Å². The average Bonchev–Trinajstić information content (AvgIpc) is 2.76. The number of benzene rings is 2. The molecule has 7 heteroatoms. The first-order valence-electron chi connectivity index (χ1n) is 8.78. The van der Waals surface area contributed by atoms with E-state index in [1.807, 2.05) is 30.3 Å². The van der Waals surface area contributed by atoms with Crippen LogP contribution in [0.15, 0.2) is 71.9 Å². The van der Waals surface area contributed by atoms with Gasteiger partial charge in [-0.3, -0.25) is 0 Å². The molecule has 0 aliphatic rings. The topological polar surface area (TPSA) is 72.3 Å². The third kappa shape index (κ3) is 5.82. The smallest absolute Gasteiger partial charge is 0.338 e. The van der Waals surface area contributed by atoms with Gasteiger partial charge in [0.2, 0.25) is 0 Å². The number of ether oxygens (including phenoxy) is 2. The van der Waals surface area contributed by atoms with Gasteiger partial charge in [-0.1, -0.05) is 17.7 Å². The Balaban J connectivity index is 1.65. The molecule has 1 heterocycles. The van der Waals surface area contributed by atoms with Crippen LogP contribution in [0.2, 0.25) is 5.02 Å². The van der Waals surface area contributed by atoms with Crippen molar-refractivity contribution in [2.75, 3.05) is 13.7 Å². The number of carbonyl (C=O) groups is 1. The Kier molecular flexibility index (Phi) is 7.27. The van der Waals surface area contributed by atoms with Crippen LogP contribution in [-0.2, 0) is 10.5 Å². The molecule has 5 nitrogen and oxygen atoms in total. The first-order chi connectivity index (χ1) is 14.1. The highest BCUT2D eigenvalue weighted by Crippen LogP contribution is 2.28. The number of nitrogens with one attached hydrogen (secondary N) is 1. The van der Waals surface area contributed by atoms with Gasteiger partial charge in [-0.25, -0.2) is 9.78 Å². The first kappa shape index (κ1) is 20.9. The number of thioether (sulfide) groups is 1. The van der Waals surface area contributed by atoms with Gasteiger partial charge in [0.15, 0.2) is 0 Å². The Hall–Kier alpha value is -2.83. The molecule has 3 rings (SSSR count). The number of carbonyl (C=O) groups excluding carboxylic acids is 1. The summed E-state index contributed by atoms with van der Waals surface area (Å²) in [5, 5.41) is 9.74. The van der Waals surface area contributed by atoms with Gasteiger partial charge in [-0.15, -0.1) is 11.8 Å². The lowest BCUT2D eigenvalue weighted by molar-refractivity contribution is 0.0563. The average molecular weight is 427 g/mol. The lowest BCUT2D eigenvalue weighted by Crippen LogP contribution is -2.14. The zero-order valence-electron chi connectivity index (χ0n) is 15.7. The lowest BCUT2D eigenvalue weighted by atomic mass is 10.1. The van der Waals surface area contributed by atoms with Crippen molar-refractivity contribution in [2.24, 2.45) is 0 Å². The fraction of sp³-hybridized carbons (Fsp3) is 0.136. The van der Waals surface area contributed by atoms with Gasteiger partial charge < -0.3 is 14.9 Å². The Morgan fingerprint density at radius 3 is 2.55 bits per heavy atom. The number of hydrogen-bond acceptors (Lipinski definition) is 6. The van der Waals surface area contributed by atoms with Crippen LogP contribution < -0.4 is 4.74 Å².